The molecule has 0 heterocycles. The van der Waals surface area contributed by atoms with Crippen molar-refractivity contribution in [3.05, 3.63) is 0 Å². The van der Waals surface area contributed by atoms with Gasteiger partial charge < -0.3 is 10.5 Å². The van der Waals surface area contributed by atoms with Crippen LogP contribution >= 0.6 is 0 Å². The maximum Gasteiger partial charge on any atom is 0.305 e. The standard InChI is InChI=1S/C14H25NO2/c1-14(2)9-4-5-10(11(14)8-9)12(15)6-7-13(16)17-3/h9-12H,4-8,15H2,1-3H3. The van der Waals surface area contributed by atoms with E-state index in [-0.39, 0.29) is 12.0 Å². The molecule has 2 bridgehead atoms. The van der Waals surface area contributed by atoms with E-state index >= 15 is 0 Å². The minimum Gasteiger partial charge on any atom is -0.469 e. The van der Waals surface area contributed by atoms with E-state index in [4.69, 9.17) is 5.73 Å². The number of hydrogen-bond donors (Lipinski definition) is 1. The third-order valence-corrected chi connectivity index (χ3v) is 5.37. The van der Waals surface area contributed by atoms with Crippen LogP contribution in [0.2, 0.25) is 0 Å². The second kappa shape index (κ2) is 4.60. The van der Waals surface area contributed by atoms with Gasteiger partial charge in [-0.2, -0.15) is 0 Å². The number of carbonyl (C=O) groups excluding carboxylic acids is 1. The van der Waals surface area contributed by atoms with Crippen molar-refractivity contribution >= 4 is 5.97 Å². The maximum absolute atomic E-state index is 11.1. The SMILES string of the molecule is COC(=O)CCC(N)C1CCC2CC1C2(C)C. The van der Waals surface area contributed by atoms with E-state index in [2.05, 4.69) is 18.6 Å². The Morgan fingerprint density at radius 1 is 1.47 bits per heavy atom. The van der Waals surface area contributed by atoms with Crippen molar-refractivity contribution in [2.75, 3.05) is 7.11 Å². The van der Waals surface area contributed by atoms with E-state index in [0.29, 0.717) is 17.8 Å². The summed E-state index contributed by atoms with van der Waals surface area (Å²) in [6, 6.07) is 0.166. The average molecular weight is 239 g/mol. The van der Waals surface area contributed by atoms with Crippen molar-refractivity contribution in [3.63, 3.8) is 0 Å². The van der Waals surface area contributed by atoms with Gasteiger partial charge >= 0.3 is 5.97 Å². The summed E-state index contributed by atoms with van der Waals surface area (Å²) < 4.78 is 4.67. The fourth-order valence-electron chi connectivity index (χ4n) is 3.98. The first-order chi connectivity index (χ1) is 7.96. The van der Waals surface area contributed by atoms with Crippen LogP contribution in [0.25, 0.3) is 0 Å². The summed E-state index contributed by atoms with van der Waals surface area (Å²) in [5.41, 5.74) is 6.76. The predicted octanol–water partition coefficient (Wildman–Crippen LogP) is 2.34. The summed E-state index contributed by atoms with van der Waals surface area (Å²) in [4.78, 5) is 11.1. The second-order valence-electron chi connectivity index (χ2n) is 6.38. The van der Waals surface area contributed by atoms with Gasteiger partial charge in [-0.05, 0) is 48.9 Å². The Kier molecular flexibility index (Phi) is 3.48. The molecule has 3 aliphatic rings. The van der Waals surface area contributed by atoms with Crippen LogP contribution in [0.3, 0.4) is 0 Å². The van der Waals surface area contributed by atoms with Gasteiger partial charge in [-0.15, -0.1) is 0 Å². The van der Waals surface area contributed by atoms with Crippen LogP contribution in [0, 0.1) is 23.2 Å². The number of carbonyl (C=O) groups is 1. The fourth-order valence-corrected chi connectivity index (χ4v) is 3.98. The Hall–Kier alpha value is -0.570. The molecular weight excluding hydrogens is 214 g/mol. The van der Waals surface area contributed by atoms with Gasteiger partial charge in [0, 0.05) is 12.5 Å². The van der Waals surface area contributed by atoms with E-state index in [1.165, 1.54) is 26.4 Å². The summed E-state index contributed by atoms with van der Waals surface area (Å²) in [6.07, 6.45) is 5.16. The van der Waals surface area contributed by atoms with Crippen LogP contribution in [-0.4, -0.2) is 19.1 Å². The van der Waals surface area contributed by atoms with Crippen molar-refractivity contribution in [2.24, 2.45) is 28.9 Å². The summed E-state index contributed by atoms with van der Waals surface area (Å²) in [7, 11) is 1.44. The first-order valence-electron chi connectivity index (χ1n) is 6.79. The molecule has 0 amide bonds. The monoisotopic (exact) mass is 239 g/mol. The lowest BCUT2D eigenvalue weighted by Gasteiger charge is -2.61. The minimum absolute atomic E-state index is 0.137. The Morgan fingerprint density at radius 2 is 2.18 bits per heavy atom. The lowest BCUT2D eigenvalue weighted by Crippen LogP contribution is -2.56. The van der Waals surface area contributed by atoms with E-state index < -0.39 is 0 Å². The molecule has 3 saturated carbocycles. The van der Waals surface area contributed by atoms with Crippen molar-refractivity contribution in [1.29, 1.82) is 0 Å². The van der Waals surface area contributed by atoms with Gasteiger partial charge in [0.1, 0.15) is 0 Å². The van der Waals surface area contributed by atoms with Gasteiger partial charge in [-0.25, -0.2) is 0 Å². The molecule has 3 rings (SSSR count). The topological polar surface area (TPSA) is 52.3 Å². The van der Waals surface area contributed by atoms with Gasteiger partial charge in [0.05, 0.1) is 7.11 Å². The molecule has 0 spiro atoms. The molecule has 3 nitrogen and oxygen atoms in total. The fraction of sp³-hybridized carbons (Fsp3) is 0.929. The number of fused-ring (bicyclic) bond motifs is 2. The van der Waals surface area contributed by atoms with Gasteiger partial charge in [-0.3, -0.25) is 4.79 Å². The molecule has 98 valence electrons. The molecule has 4 unspecified atom stereocenters. The summed E-state index contributed by atoms with van der Waals surface area (Å²) in [5.74, 6) is 2.16. The molecular formula is C14H25NO2. The molecule has 3 heteroatoms. The Morgan fingerprint density at radius 3 is 2.71 bits per heavy atom. The smallest absolute Gasteiger partial charge is 0.305 e. The zero-order valence-corrected chi connectivity index (χ0v) is 11.2. The molecule has 0 aromatic carbocycles. The first kappa shape index (κ1) is 12.9. The normalized spacial score (nSPS) is 35.9. The van der Waals surface area contributed by atoms with Crippen LogP contribution in [0.4, 0.5) is 0 Å². The molecule has 17 heavy (non-hydrogen) atoms. The highest BCUT2D eigenvalue weighted by molar-refractivity contribution is 5.69. The first-order valence-corrected chi connectivity index (χ1v) is 6.79. The maximum atomic E-state index is 11.1. The van der Waals surface area contributed by atoms with E-state index in [1.54, 1.807) is 0 Å². The van der Waals surface area contributed by atoms with Crippen molar-refractivity contribution < 1.29 is 9.53 Å². The largest absolute Gasteiger partial charge is 0.469 e. The summed E-state index contributed by atoms with van der Waals surface area (Å²) in [5, 5.41) is 0. The number of esters is 1. The van der Waals surface area contributed by atoms with Crippen LogP contribution < -0.4 is 5.73 Å². The van der Waals surface area contributed by atoms with Crippen LogP contribution in [0.1, 0.15) is 46.0 Å². The van der Waals surface area contributed by atoms with Crippen molar-refractivity contribution in [1.82, 2.24) is 0 Å². The Labute approximate surface area is 104 Å². The number of methoxy groups -OCH3 is 1. The average Bonchev–Trinajstić information content (AvgIpc) is 2.35. The molecule has 0 aliphatic heterocycles. The highest BCUT2D eigenvalue weighted by Gasteiger charge is 2.55. The minimum atomic E-state index is -0.137. The number of ether oxygens (including phenoxy) is 1. The summed E-state index contributed by atoms with van der Waals surface area (Å²) >= 11 is 0. The zero-order valence-electron chi connectivity index (χ0n) is 11.2. The highest BCUT2D eigenvalue weighted by atomic mass is 16.5. The van der Waals surface area contributed by atoms with Crippen LogP contribution in [0.5, 0.6) is 0 Å². The Bertz CT molecular complexity index is 299. The van der Waals surface area contributed by atoms with Gasteiger partial charge in [0.25, 0.3) is 0 Å². The van der Waals surface area contributed by atoms with Gasteiger partial charge in [0.15, 0.2) is 0 Å². The lowest BCUT2D eigenvalue weighted by atomic mass is 9.44. The van der Waals surface area contributed by atoms with E-state index in [1.807, 2.05) is 0 Å². The van der Waals surface area contributed by atoms with E-state index in [9.17, 15) is 4.79 Å². The quantitative estimate of drug-likeness (QED) is 0.766. The molecule has 3 aliphatic carbocycles. The lowest BCUT2D eigenvalue weighted by molar-refractivity contribution is -0.141. The van der Waals surface area contributed by atoms with Crippen molar-refractivity contribution in [3.8, 4) is 0 Å². The number of rotatable bonds is 4. The summed E-state index contributed by atoms with van der Waals surface area (Å²) in [6.45, 7) is 4.76. The number of nitrogens with two attached hydrogens (primary N) is 1. The Balaban J connectivity index is 1.87. The third kappa shape index (κ3) is 2.22. The predicted molar refractivity (Wildman–Crippen MR) is 67.3 cm³/mol. The molecule has 3 fully saturated rings. The van der Waals surface area contributed by atoms with Gasteiger partial charge in [0.2, 0.25) is 0 Å². The zero-order chi connectivity index (χ0) is 12.6. The van der Waals surface area contributed by atoms with Gasteiger partial charge in [-0.1, -0.05) is 13.8 Å². The molecule has 0 aromatic rings. The van der Waals surface area contributed by atoms with Crippen molar-refractivity contribution in [2.45, 2.75) is 52.0 Å². The molecule has 0 saturated heterocycles. The molecule has 2 N–H and O–H groups in total. The van der Waals surface area contributed by atoms with Crippen LogP contribution in [0.15, 0.2) is 0 Å². The second-order valence-corrected chi connectivity index (χ2v) is 6.38. The molecule has 0 aromatic heterocycles. The number of hydrogen-bond acceptors (Lipinski definition) is 3. The molecule has 4 atom stereocenters. The highest BCUT2D eigenvalue weighted by Crippen LogP contribution is 2.61. The third-order valence-electron chi connectivity index (χ3n) is 5.37. The van der Waals surface area contributed by atoms with Crippen LogP contribution in [-0.2, 0) is 9.53 Å². The van der Waals surface area contributed by atoms with E-state index in [0.717, 1.165) is 18.3 Å². The molecule has 0 radical (unpaired) electrons.